The van der Waals surface area contributed by atoms with Gasteiger partial charge in [0, 0.05) is 9.81 Å². The van der Waals surface area contributed by atoms with Crippen LogP contribution >= 0.6 is 33.9 Å². The fourth-order valence-corrected chi connectivity index (χ4v) is 10.0. The molecule has 0 unspecified atom stereocenters. The van der Waals surface area contributed by atoms with Gasteiger partial charge in [-0.1, -0.05) is 104 Å². The van der Waals surface area contributed by atoms with Crippen LogP contribution in [0.4, 0.5) is 0 Å². The van der Waals surface area contributed by atoms with Crippen LogP contribution in [-0.2, 0) is 4.43 Å². The van der Waals surface area contributed by atoms with Gasteiger partial charge >= 0.3 is 0 Å². The Bertz CT molecular complexity index is 956. The molecule has 0 aliphatic rings. The third-order valence-electron chi connectivity index (χ3n) is 5.63. The molecule has 3 rings (SSSR count). The number of thiazole rings is 1. The zero-order valence-corrected chi connectivity index (χ0v) is 23.0. The summed E-state index contributed by atoms with van der Waals surface area (Å²) in [7, 11) is -2.59. The number of benzene rings is 2. The smallest absolute Gasteiger partial charge is 0.261 e. The van der Waals surface area contributed by atoms with Crippen LogP contribution in [0.25, 0.3) is 6.08 Å². The molecule has 1 aromatic heterocycles. The maximum absolute atomic E-state index is 7.40. The molecule has 2 aromatic carbocycles. The third-order valence-corrected chi connectivity index (χ3v) is 12.1. The normalized spacial score (nSPS) is 13.9. The molecule has 0 saturated carbocycles. The van der Waals surface area contributed by atoms with Crippen LogP contribution in [0, 0.1) is 6.92 Å². The minimum absolute atomic E-state index is 0.0310. The van der Waals surface area contributed by atoms with Crippen molar-refractivity contribution in [1.29, 1.82) is 0 Å². The molecule has 0 radical (unpaired) electrons. The standard InChI is InChI=1S/C26H32INOSSi/c1-20(18-22-19-30-21(2)28-22)25(16-17-27)29-31(26(3,4)5,23-12-8-6-9-13-23)24-14-10-7-11-15-24/h6-15,18-19,25H,16-17H2,1-5H3/t25-/m1/s1. The highest BCUT2D eigenvalue weighted by molar-refractivity contribution is 14.1. The van der Waals surface area contributed by atoms with Crippen molar-refractivity contribution in [3.05, 3.63) is 82.3 Å². The largest absolute Gasteiger partial charge is 0.401 e. The van der Waals surface area contributed by atoms with Gasteiger partial charge in [-0.05, 0) is 47.3 Å². The van der Waals surface area contributed by atoms with Gasteiger partial charge in [-0.15, -0.1) is 11.3 Å². The Kier molecular flexibility index (Phi) is 8.29. The lowest BCUT2D eigenvalue weighted by Crippen LogP contribution is -2.67. The predicted molar refractivity (Wildman–Crippen MR) is 146 cm³/mol. The molecule has 1 heterocycles. The van der Waals surface area contributed by atoms with Gasteiger partial charge in [-0.25, -0.2) is 4.98 Å². The molecule has 0 aliphatic heterocycles. The Morgan fingerprint density at radius 1 is 1.06 bits per heavy atom. The van der Waals surface area contributed by atoms with Gasteiger partial charge in [0.05, 0.1) is 16.8 Å². The van der Waals surface area contributed by atoms with Crippen LogP contribution in [0.15, 0.2) is 71.6 Å². The van der Waals surface area contributed by atoms with Crippen LogP contribution in [-0.4, -0.2) is 23.8 Å². The highest BCUT2D eigenvalue weighted by Crippen LogP contribution is 2.39. The molecule has 0 bridgehead atoms. The summed E-state index contributed by atoms with van der Waals surface area (Å²) in [6.07, 6.45) is 3.24. The van der Waals surface area contributed by atoms with Crippen molar-refractivity contribution in [3.8, 4) is 0 Å². The van der Waals surface area contributed by atoms with Gasteiger partial charge in [0.25, 0.3) is 8.32 Å². The van der Waals surface area contributed by atoms with Crippen molar-refractivity contribution >= 4 is 58.7 Å². The average molecular weight is 562 g/mol. The van der Waals surface area contributed by atoms with Gasteiger partial charge in [0.1, 0.15) is 0 Å². The van der Waals surface area contributed by atoms with Crippen molar-refractivity contribution < 1.29 is 4.43 Å². The van der Waals surface area contributed by atoms with E-state index in [1.165, 1.54) is 15.9 Å². The molecule has 31 heavy (non-hydrogen) atoms. The number of rotatable bonds is 8. The van der Waals surface area contributed by atoms with Crippen molar-refractivity contribution in [2.24, 2.45) is 0 Å². The van der Waals surface area contributed by atoms with E-state index in [1.54, 1.807) is 11.3 Å². The lowest BCUT2D eigenvalue weighted by Gasteiger charge is -2.45. The molecular formula is C26H32INOSSi. The van der Waals surface area contributed by atoms with Crippen LogP contribution in [0.2, 0.25) is 5.04 Å². The van der Waals surface area contributed by atoms with E-state index in [1.807, 2.05) is 0 Å². The summed E-state index contributed by atoms with van der Waals surface area (Å²) in [6.45, 7) is 11.3. The SMILES string of the molecule is CC(=Cc1csc(C)n1)[C@@H](CCI)O[Si](c1ccccc1)(c1ccccc1)C(C)(C)C. The number of hydrogen-bond donors (Lipinski definition) is 0. The first kappa shape index (κ1) is 24.4. The number of aryl methyl sites for hydroxylation is 1. The number of nitrogens with zero attached hydrogens (tertiary/aromatic N) is 1. The molecule has 0 saturated heterocycles. The monoisotopic (exact) mass is 561 g/mol. The van der Waals surface area contributed by atoms with E-state index in [0.717, 1.165) is 21.5 Å². The fraction of sp³-hybridized carbons (Fsp3) is 0.346. The number of halogens is 1. The minimum atomic E-state index is -2.59. The summed E-state index contributed by atoms with van der Waals surface area (Å²) in [5, 5.41) is 5.84. The first-order valence-corrected chi connectivity index (χ1v) is 15.0. The summed E-state index contributed by atoms with van der Waals surface area (Å²) < 4.78 is 8.44. The molecule has 0 N–H and O–H groups in total. The van der Waals surface area contributed by atoms with Gasteiger partial charge in [0.15, 0.2) is 0 Å². The first-order valence-electron chi connectivity index (χ1n) is 10.7. The first-order chi connectivity index (χ1) is 14.8. The Hall–Kier alpha value is -1.28. The topological polar surface area (TPSA) is 22.1 Å². The molecule has 3 aromatic rings. The van der Waals surface area contributed by atoms with E-state index >= 15 is 0 Å². The molecule has 0 spiro atoms. The number of hydrogen-bond acceptors (Lipinski definition) is 3. The predicted octanol–water partition coefficient (Wildman–Crippen LogP) is 6.63. The summed E-state index contributed by atoms with van der Waals surface area (Å²) in [6, 6.07) is 21.8. The summed E-state index contributed by atoms with van der Waals surface area (Å²) in [5.74, 6) is 0. The zero-order valence-electron chi connectivity index (χ0n) is 19.1. The van der Waals surface area contributed by atoms with E-state index in [0.29, 0.717) is 0 Å². The summed E-state index contributed by atoms with van der Waals surface area (Å²) >= 11 is 4.16. The molecule has 0 aliphatic carbocycles. The van der Waals surface area contributed by atoms with Gasteiger partial charge in [0.2, 0.25) is 0 Å². The molecule has 2 nitrogen and oxygen atoms in total. The van der Waals surface area contributed by atoms with Gasteiger partial charge < -0.3 is 4.43 Å². The Morgan fingerprint density at radius 3 is 2.03 bits per heavy atom. The van der Waals surface area contributed by atoms with E-state index in [2.05, 4.69) is 134 Å². The maximum Gasteiger partial charge on any atom is 0.261 e. The Balaban J connectivity index is 2.15. The summed E-state index contributed by atoms with van der Waals surface area (Å²) in [5.41, 5.74) is 2.28. The van der Waals surface area contributed by atoms with Crippen LogP contribution in [0.5, 0.6) is 0 Å². The second-order valence-corrected chi connectivity index (χ2v) is 15.3. The molecule has 0 amide bonds. The highest BCUT2D eigenvalue weighted by atomic mass is 127. The molecular weight excluding hydrogens is 529 g/mol. The maximum atomic E-state index is 7.40. The van der Waals surface area contributed by atoms with Crippen LogP contribution in [0.3, 0.4) is 0 Å². The number of aromatic nitrogens is 1. The van der Waals surface area contributed by atoms with Crippen molar-refractivity contribution in [3.63, 3.8) is 0 Å². The Morgan fingerprint density at radius 2 is 1.61 bits per heavy atom. The van der Waals surface area contributed by atoms with Gasteiger partial charge in [-0.2, -0.15) is 0 Å². The van der Waals surface area contributed by atoms with E-state index in [-0.39, 0.29) is 11.1 Å². The molecule has 5 heteroatoms. The zero-order chi connectivity index (χ0) is 22.5. The van der Waals surface area contributed by atoms with Crippen molar-refractivity contribution in [1.82, 2.24) is 4.98 Å². The lowest BCUT2D eigenvalue weighted by atomic mass is 10.1. The Labute approximate surface area is 206 Å². The van der Waals surface area contributed by atoms with Crippen molar-refractivity contribution in [2.75, 3.05) is 4.43 Å². The van der Waals surface area contributed by atoms with Gasteiger partial charge in [-0.3, -0.25) is 0 Å². The second-order valence-electron chi connectivity index (χ2n) is 8.93. The van der Waals surface area contributed by atoms with Crippen LogP contribution in [0.1, 0.15) is 44.8 Å². The van der Waals surface area contributed by atoms with E-state index in [9.17, 15) is 0 Å². The second kappa shape index (κ2) is 10.6. The number of alkyl halides is 1. The van der Waals surface area contributed by atoms with E-state index < -0.39 is 8.32 Å². The van der Waals surface area contributed by atoms with Crippen LogP contribution < -0.4 is 10.4 Å². The van der Waals surface area contributed by atoms with Crippen molar-refractivity contribution in [2.45, 2.75) is 52.2 Å². The lowest BCUT2D eigenvalue weighted by molar-refractivity contribution is 0.220. The fourth-order valence-electron chi connectivity index (χ4n) is 4.16. The molecule has 0 fully saturated rings. The highest BCUT2D eigenvalue weighted by Gasteiger charge is 2.51. The molecule has 164 valence electrons. The average Bonchev–Trinajstić information content (AvgIpc) is 3.16. The summed E-state index contributed by atoms with van der Waals surface area (Å²) in [4.78, 5) is 4.65. The molecule has 1 atom stereocenters. The van der Waals surface area contributed by atoms with E-state index in [4.69, 9.17) is 4.43 Å². The third kappa shape index (κ3) is 5.56. The quantitative estimate of drug-likeness (QED) is 0.175. The minimum Gasteiger partial charge on any atom is -0.401 e.